The fourth-order valence-corrected chi connectivity index (χ4v) is 5.50. The number of benzene rings is 2. The summed E-state index contributed by atoms with van der Waals surface area (Å²) in [5.41, 5.74) is 3.84. The van der Waals surface area contributed by atoms with Crippen LogP contribution < -0.4 is 4.74 Å². The Morgan fingerprint density at radius 2 is 1.88 bits per heavy atom. The molecule has 3 heterocycles. The first-order valence-electron chi connectivity index (χ1n) is 11.9. The van der Waals surface area contributed by atoms with E-state index >= 15 is 0 Å². The molecule has 1 atom stereocenters. The Labute approximate surface area is 190 Å². The van der Waals surface area contributed by atoms with E-state index in [1.165, 1.54) is 16.5 Å². The third-order valence-electron chi connectivity index (χ3n) is 7.27. The number of methoxy groups -OCH3 is 1. The van der Waals surface area contributed by atoms with Crippen LogP contribution in [0.15, 0.2) is 54.7 Å². The van der Waals surface area contributed by atoms with Crippen LogP contribution in [0.25, 0.3) is 10.9 Å². The molecule has 0 saturated carbocycles. The smallest absolute Gasteiger partial charge is 0.226 e. The molecule has 0 radical (unpaired) electrons. The molecule has 0 aliphatic carbocycles. The Bertz CT molecular complexity index is 1050. The molecule has 5 nitrogen and oxygen atoms in total. The number of H-pyrrole nitrogens is 1. The molecule has 5 rings (SSSR count). The van der Waals surface area contributed by atoms with Crippen molar-refractivity contribution in [2.24, 2.45) is 5.92 Å². The first kappa shape index (κ1) is 21.1. The molecule has 2 fully saturated rings. The van der Waals surface area contributed by atoms with Crippen LogP contribution in [-0.2, 0) is 11.3 Å². The molecule has 3 aromatic rings. The molecule has 2 saturated heterocycles. The summed E-state index contributed by atoms with van der Waals surface area (Å²) in [6.07, 6.45) is 6.32. The summed E-state index contributed by atoms with van der Waals surface area (Å²) in [6.45, 7) is 4.63. The van der Waals surface area contributed by atoms with Gasteiger partial charge < -0.3 is 14.6 Å². The third kappa shape index (κ3) is 4.40. The highest BCUT2D eigenvalue weighted by Gasteiger charge is 2.32. The zero-order valence-corrected chi connectivity index (χ0v) is 18.9. The first-order valence-corrected chi connectivity index (χ1v) is 11.9. The van der Waals surface area contributed by atoms with Crippen LogP contribution in [-0.4, -0.2) is 54.0 Å². The summed E-state index contributed by atoms with van der Waals surface area (Å²) >= 11 is 0. The summed E-state index contributed by atoms with van der Waals surface area (Å²) in [5.74, 6) is 1.88. The fraction of sp³-hybridized carbons (Fsp3) is 0.444. The lowest BCUT2D eigenvalue weighted by Crippen LogP contribution is -2.46. The molecule has 0 spiro atoms. The Morgan fingerprint density at radius 1 is 1.06 bits per heavy atom. The summed E-state index contributed by atoms with van der Waals surface area (Å²) < 4.78 is 5.43. The van der Waals surface area contributed by atoms with E-state index in [1.54, 1.807) is 7.11 Å². The van der Waals surface area contributed by atoms with Gasteiger partial charge in [-0.2, -0.15) is 0 Å². The summed E-state index contributed by atoms with van der Waals surface area (Å²) in [7, 11) is 1.71. The Kier molecular flexibility index (Phi) is 6.17. The van der Waals surface area contributed by atoms with Crippen molar-refractivity contribution in [3.63, 3.8) is 0 Å². The number of carbonyl (C=O) groups excluding carboxylic acids is 1. The highest BCUT2D eigenvalue weighted by molar-refractivity contribution is 5.85. The lowest BCUT2D eigenvalue weighted by atomic mass is 9.88. The first-order chi connectivity index (χ1) is 15.7. The second-order valence-corrected chi connectivity index (χ2v) is 9.31. The number of nitrogens with zero attached hydrogens (tertiary/aromatic N) is 2. The Hall–Kier alpha value is -2.79. The standard InChI is InChI=1S/C27H33N3O2/c1-32-23-9-10-26-24(16-23)25(17-28-26)21-11-14-30(15-12-21)27(31)22-8-5-13-29(19-22)18-20-6-3-2-4-7-20/h2-4,6-7,9-10,16-17,21-22,28H,5,8,11-15,18-19H2,1H3. The molecule has 168 valence electrons. The lowest BCUT2D eigenvalue weighted by molar-refractivity contribution is -0.138. The minimum atomic E-state index is 0.140. The number of carbonyl (C=O) groups is 1. The second kappa shape index (κ2) is 9.37. The Morgan fingerprint density at radius 3 is 2.66 bits per heavy atom. The van der Waals surface area contributed by atoms with Crippen molar-refractivity contribution < 1.29 is 9.53 Å². The molecule has 5 heteroatoms. The maximum Gasteiger partial charge on any atom is 0.226 e. The maximum atomic E-state index is 13.3. The topological polar surface area (TPSA) is 48.6 Å². The summed E-state index contributed by atoms with van der Waals surface area (Å²) in [6, 6.07) is 16.8. The molecule has 1 aromatic heterocycles. The van der Waals surface area contributed by atoms with Gasteiger partial charge in [-0.1, -0.05) is 30.3 Å². The van der Waals surface area contributed by atoms with Crippen molar-refractivity contribution in [3.05, 3.63) is 65.9 Å². The van der Waals surface area contributed by atoms with Crippen molar-refractivity contribution >= 4 is 16.8 Å². The predicted octanol–water partition coefficient (Wildman–Crippen LogP) is 4.79. The molecule has 1 N–H and O–H groups in total. The minimum absolute atomic E-state index is 0.140. The van der Waals surface area contributed by atoms with Crippen molar-refractivity contribution in [2.45, 2.75) is 38.1 Å². The monoisotopic (exact) mass is 431 g/mol. The molecule has 2 aliphatic heterocycles. The van der Waals surface area contributed by atoms with Crippen molar-refractivity contribution in [1.82, 2.24) is 14.8 Å². The van der Waals surface area contributed by atoms with Gasteiger partial charge in [-0.15, -0.1) is 0 Å². The number of ether oxygens (including phenoxy) is 1. The maximum absolute atomic E-state index is 13.3. The van der Waals surface area contributed by atoms with Crippen LogP contribution in [0, 0.1) is 5.92 Å². The lowest BCUT2D eigenvalue weighted by Gasteiger charge is -2.38. The normalized spacial score (nSPS) is 20.5. The number of likely N-dealkylation sites (tertiary alicyclic amines) is 2. The number of rotatable bonds is 5. The van der Waals surface area contributed by atoms with Gasteiger partial charge in [0.2, 0.25) is 5.91 Å². The van der Waals surface area contributed by atoms with Gasteiger partial charge in [-0.3, -0.25) is 9.69 Å². The number of amides is 1. The van der Waals surface area contributed by atoms with Crippen LogP contribution in [0.3, 0.4) is 0 Å². The van der Waals surface area contributed by atoms with Crippen LogP contribution in [0.4, 0.5) is 0 Å². The van der Waals surface area contributed by atoms with Gasteiger partial charge in [0.25, 0.3) is 0 Å². The molecule has 32 heavy (non-hydrogen) atoms. The second-order valence-electron chi connectivity index (χ2n) is 9.31. The van der Waals surface area contributed by atoms with Gasteiger partial charge in [0.05, 0.1) is 13.0 Å². The number of hydrogen-bond donors (Lipinski definition) is 1. The Balaban J connectivity index is 1.19. The van der Waals surface area contributed by atoms with Gasteiger partial charge in [-0.25, -0.2) is 0 Å². The van der Waals surface area contributed by atoms with E-state index < -0.39 is 0 Å². The number of hydrogen-bond acceptors (Lipinski definition) is 3. The van der Waals surface area contributed by atoms with Gasteiger partial charge in [0, 0.05) is 43.3 Å². The van der Waals surface area contributed by atoms with E-state index in [4.69, 9.17) is 4.74 Å². The van der Waals surface area contributed by atoms with Crippen molar-refractivity contribution in [2.75, 3.05) is 33.3 Å². The zero-order chi connectivity index (χ0) is 21.9. The number of aromatic amines is 1. The molecule has 0 bridgehead atoms. The number of piperidine rings is 2. The highest BCUT2D eigenvalue weighted by Crippen LogP contribution is 2.35. The van der Waals surface area contributed by atoms with E-state index in [9.17, 15) is 4.79 Å². The summed E-state index contributed by atoms with van der Waals surface area (Å²) in [5, 5.41) is 1.25. The van der Waals surface area contributed by atoms with E-state index in [2.05, 4.69) is 63.4 Å². The van der Waals surface area contributed by atoms with Gasteiger partial charge in [0.1, 0.15) is 5.75 Å². The molecule has 1 unspecified atom stereocenters. The number of nitrogens with one attached hydrogen (secondary N) is 1. The van der Waals surface area contributed by atoms with Crippen LogP contribution >= 0.6 is 0 Å². The van der Waals surface area contributed by atoms with Crippen LogP contribution in [0.5, 0.6) is 5.75 Å². The largest absolute Gasteiger partial charge is 0.497 e. The fourth-order valence-electron chi connectivity index (χ4n) is 5.50. The van der Waals surface area contributed by atoms with Gasteiger partial charge in [-0.05, 0) is 67.5 Å². The highest BCUT2D eigenvalue weighted by atomic mass is 16.5. The average molecular weight is 432 g/mol. The molecule has 2 aliphatic rings. The van der Waals surface area contributed by atoms with Gasteiger partial charge in [0.15, 0.2) is 0 Å². The average Bonchev–Trinajstić information content (AvgIpc) is 3.27. The third-order valence-corrected chi connectivity index (χ3v) is 7.27. The minimum Gasteiger partial charge on any atom is -0.497 e. The van der Waals surface area contributed by atoms with E-state index in [0.29, 0.717) is 11.8 Å². The van der Waals surface area contributed by atoms with Gasteiger partial charge >= 0.3 is 0 Å². The quantitative estimate of drug-likeness (QED) is 0.632. The molecular formula is C27H33N3O2. The van der Waals surface area contributed by atoms with E-state index in [-0.39, 0.29) is 5.92 Å². The SMILES string of the molecule is COc1ccc2[nH]cc(C3CCN(C(=O)C4CCCN(Cc5ccccc5)C4)CC3)c2c1. The van der Waals surface area contributed by atoms with Crippen LogP contribution in [0.2, 0.25) is 0 Å². The number of aromatic nitrogens is 1. The predicted molar refractivity (Wildman–Crippen MR) is 128 cm³/mol. The summed E-state index contributed by atoms with van der Waals surface area (Å²) in [4.78, 5) is 21.3. The number of fused-ring (bicyclic) bond motifs is 1. The van der Waals surface area contributed by atoms with Crippen molar-refractivity contribution in [1.29, 1.82) is 0 Å². The van der Waals surface area contributed by atoms with E-state index in [1.807, 2.05) is 6.07 Å². The van der Waals surface area contributed by atoms with Crippen molar-refractivity contribution in [3.8, 4) is 5.75 Å². The zero-order valence-electron chi connectivity index (χ0n) is 18.9. The van der Waals surface area contributed by atoms with Crippen LogP contribution in [0.1, 0.15) is 42.7 Å². The molecular weight excluding hydrogens is 398 g/mol. The molecule has 2 aromatic carbocycles. The van der Waals surface area contributed by atoms with E-state index in [0.717, 1.165) is 69.7 Å². The molecule has 1 amide bonds.